The highest BCUT2D eigenvalue weighted by Gasteiger charge is 2.24. The number of benzene rings is 6. The number of nitrogens with zero attached hydrogens (tertiary/aromatic N) is 4. The summed E-state index contributed by atoms with van der Waals surface area (Å²) in [6.07, 6.45) is 1.88. The molecular weight excluding hydrogens is 589 g/mol. The van der Waals surface area contributed by atoms with Crippen LogP contribution >= 0.6 is 0 Å². The Morgan fingerprint density at radius 1 is 0.500 bits per heavy atom. The minimum atomic E-state index is 0.675. The molecule has 1 aliphatic heterocycles. The van der Waals surface area contributed by atoms with Crippen LogP contribution in [-0.4, -0.2) is 19.5 Å². The zero-order valence-electron chi connectivity index (χ0n) is 25.7. The Hall–Kier alpha value is -6.59. The van der Waals surface area contributed by atoms with Gasteiger partial charge in [0.05, 0.1) is 33.5 Å². The van der Waals surface area contributed by atoms with Crippen molar-refractivity contribution in [1.29, 1.82) is 0 Å². The highest BCUT2D eigenvalue weighted by atomic mass is 16.5. The standard InChI is InChI=1S/C43H26N4O/c1-3-11-27(12-4-1)35-25-36(28-13-5-2-6-14-28)46-43(45-35)30-16-9-17-31(23-30)47-37-19-8-7-18-32(37)33-24-34-40(26-38(33)47)48-39-20-10-15-29-21-22-44-42(34)41(29)39/h1-26H. The van der Waals surface area contributed by atoms with Crippen LogP contribution in [0.25, 0.3) is 83.4 Å². The average molecular weight is 615 g/mol. The molecule has 0 N–H and O–H groups in total. The highest BCUT2D eigenvalue weighted by Crippen LogP contribution is 2.48. The average Bonchev–Trinajstić information content (AvgIpc) is 3.48. The fraction of sp³-hybridized carbons (Fsp3) is 0. The third kappa shape index (κ3) is 4.15. The SMILES string of the molecule is c1ccc(-c2cc(-c3ccccc3)nc(-c3cccc(-n4c5ccccc5c5cc6c(cc54)Oc4cccc5ccnc-6c45)c3)n2)cc1. The van der Waals surface area contributed by atoms with Crippen molar-refractivity contribution in [1.82, 2.24) is 19.5 Å². The van der Waals surface area contributed by atoms with E-state index < -0.39 is 0 Å². The summed E-state index contributed by atoms with van der Waals surface area (Å²) in [5, 5.41) is 4.48. The number of aromatic nitrogens is 4. The molecule has 5 nitrogen and oxygen atoms in total. The lowest BCUT2D eigenvalue weighted by atomic mass is 9.98. The van der Waals surface area contributed by atoms with E-state index in [9.17, 15) is 0 Å². The van der Waals surface area contributed by atoms with E-state index in [1.807, 2.05) is 60.8 Å². The number of para-hydroxylation sites is 1. The maximum Gasteiger partial charge on any atom is 0.160 e. The van der Waals surface area contributed by atoms with Gasteiger partial charge in [-0.2, -0.15) is 0 Å². The summed E-state index contributed by atoms with van der Waals surface area (Å²) in [4.78, 5) is 15.0. The van der Waals surface area contributed by atoms with Gasteiger partial charge in [0.25, 0.3) is 0 Å². The molecule has 4 heterocycles. The van der Waals surface area contributed by atoms with Crippen molar-refractivity contribution in [3.05, 3.63) is 158 Å². The van der Waals surface area contributed by atoms with Crippen LogP contribution in [0.15, 0.2) is 158 Å². The molecule has 0 saturated heterocycles. The van der Waals surface area contributed by atoms with Gasteiger partial charge in [-0.15, -0.1) is 0 Å². The summed E-state index contributed by atoms with van der Waals surface area (Å²) < 4.78 is 8.89. The second-order valence-electron chi connectivity index (χ2n) is 12.1. The molecule has 0 radical (unpaired) electrons. The monoisotopic (exact) mass is 614 g/mol. The summed E-state index contributed by atoms with van der Waals surface area (Å²) in [6, 6.07) is 52.3. The molecule has 0 atom stereocenters. The quantitative estimate of drug-likeness (QED) is 0.198. The molecule has 0 saturated carbocycles. The largest absolute Gasteiger partial charge is 0.456 e. The Balaban J connectivity index is 1.18. The van der Waals surface area contributed by atoms with Crippen molar-refractivity contribution in [2.24, 2.45) is 0 Å². The van der Waals surface area contributed by atoms with E-state index >= 15 is 0 Å². The Morgan fingerprint density at radius 3 is 2.00 bits per heavy atom. The molecule has 0 fully saturated rings. The maximum atomic E-state index is 6.57. The van der Waals surface area contributed by atoms with E-state index in [1.165, 1.54) is 5.39 Å². The predicted molar refractivity (Wildman–Crippen MR) is 193 cm³/mol. The third-order valence-corrected chi connectivity index (χ3v) is 9.23. The lowest BCUT2D eigenvalue weighted by Gasteiger charge is -2.21. The first-order valence-electron chi connectivity index (χ1n) is 16.0. The summed E-state index contributed by atoms with van der Waals surface area (Å²) in [7, 11) is 0. The molecule has 6 aromatic carbocycles. The van der Waals surface area contributed by atoms with Crippen LogP contribution in [-0.2, 0) is 0 Å². The smallest absolute Gasteiger partial charge is 0.160 e. The van der Waals surface area contributed by atoms with Crippen molar-refractivity contribution in [3.8, 4) is 62.3 Å². The van der Waals surface area contributed by atoms with Crippen molar-refractivity contribution in [2.75, 3.05) is 0 Å². The zero-order valence-corrected chi connectivity index (χ0v) is 25.7. The molecule has 48 heavy (non-hydrogen) atoms. The van der Waals surface area contributed by atoms with Crippen molar-refractivity contribution in [2.45, 2.75) is 0 Å². The number of hydrogen-bond donors (Lipinski definition) is 0. The number of ether oxygens (including phenoxy) is 1. The van der Waals surface area contributed by atoms with Crippen LogP contribution < -0.4 is 4.74 Å². The number of rotatable bonds is 4. The lowest BCUT2D eigenvalue weighted by Crippen LogP contribution is -2.00. The predicted octanol–water partition coefficient (Wildman–Crippen LogP) is 10.9. The summed E-state index contributed by atoms with van der Waals surface area (Å²) in [6.45, 7) is 0. The molecule has 3 aromatic heterocycles. The second-order valence-corrected chi connectivity index (χ2v) is 12.1. The molecule has 0 aliphatic carbocycles. The van der Waals surface area contributed by atoms with Gasteiger partial charge in [-0.1, -0.05) is 103 Å². The van der Waals surface area contributed by atoms with E-state index in [0.29, 0.717) is 5.82 Å². The molecule has 5 heteroatoms. The van der Waals surface area contributed by atoms with Crippen LogP contribution in [0.2, 0.25) is 0 Å². The van der Waals surface area contributed by atoms with Crippen molar-refractivity contribution in [3.63, 3.8) is 0 Å². The molecule has 224 valence electrons. The van der Waals surface area contributed by atoms with E-state index in [-0.39, 0.29) is 0 Å². The molecule has 10 rings (SSSR count). The molecule has 1 aliphatic rings. The van der Waals surface area contributed by atoms with Gasteiger partial charge in [0.15, 0.2) is 5.82 Å². The highest BCUT2D eigenvalue weighted by molar-refractivity contribution is 6.13. The first-order valence-corrected chi connectivity index (χ1v) is 16.0. The zero-order chi connectivity index (χ0) is 31.6. The van der Waals surface area contributed by atoms with Crippen LogP contribution in [0.3, 0.4) is 0 Å². The first kappa shape index (κ1) is 26.6. The van der Waals surface area contributed by atoms with Crippen LogP contribution in [0, 0.1) is 0 Å². The second kappa shape index (κ2) is 10.5. The number of pyridine rings is 1. The first-order chi connectivity index (χ1) is 23.8. The maximum absolute atomic E-state index is 6.57. The topological polar surface area (TPSA) is 52.8 Å². The van der Waals surface area contributed by atoms with E-state index in [0.717, 1.165) is 83.7 Å². The molecule has 0 bridgehead atoms. The summed E-state index contributed by atoms with van der Waals surface area (Å²) >= 11 is 0. The Bertz CT molecular complexity index is 2630. The van der Waals surface area contributed by atoms with Gasteiger partial charge in [-0.3, -0.25) is 4.98 Å². The molecule has 9 aromatic rings. The lowest BCUT2D eigenvalue weighted by molar-refractivity contribution is 0.487. The minimum absolute atomic E-state index is 0.675. The molecule has 0 spiro atoms. The summed E-state index contributed by atoms with van der Waals surface area (Å²) in [5.74, 6) is 2.30. The molecule has 0 unspecified atom stereocenters. The molecular formula is C43H26N4O. The van der Waals surface area contributed by atoms with E-state index in [4.69, 9.17) is 19.7 Å². The summed E-state index contributed by atoms with van der Waals surface area (Å²) in [5.41, 5.74) is 9.95. The Labute approximate surface area is 276 Å². The van der Waals surface area contributed by atoms with Crippen molar-refractivity contribution < 1.29 is 4.74 Å². The minimum Gasteiger partial charge on any atom is -0.456 e. The Kier molecular flexibility index (Phi) is 5.81. The van der Waals surface area contributed by atoms with Crippen LogP contribution in [0.1, 0.15) is 0 Å². The van der Waals surface area contributed by atoms with Gasteiger partial charge in [-0.25, -0.2) is 9.97 Å². The van der Waals surface area contributed by atoms with Gasteiger partial charge >= 0.3 is 0 Å². The van der Waals surface area contributed by atoms with Crippen LogP contribution in [0.5, 0.6) is 11.5 Å². The number of fused-ring (bicyclic) bond motifs is 5. The third-order valence-electron chi connectivity index (χ3n) is 9.23. The molecule has 0 amide bonds. The van der Waals surface area contributed by atoms with Gasteiger partial charge in [-0.05, 0) is 47.9 Å². The van der Waals surface area contributed by atoms with Gasteiger partial charge in [0.1, 0.15) is 11.5 Å². The van der Waals surface area contributed by atoms with Crippen molar-refractivity contribution >= 4 is 32.6 Å². The van der Waals surface area contributed by atoms with E-state index in [2.05, 4.69) is 102 Å². The van der Waals surface area contributed by atoms with E-state index in [1.54, 1.807) is 0 Å². The number of hydrogen-bond acceptors (Lipinski definition) is 4. The normalized spacial score (nSPS) is 11.9. The van der Waals surface area contributed by atoms with Gasteiger partial charge in [0, 0.05) is 51.0 Å². The van der Waals surface area contributed by atoms with Crippen LogP contribution in [0.4, 0.5) is 0 Å². The van der Waals surface area contributed by atoms with Gasteiger partial charge in [0.2, 0.25) is 0 Å². The fourth-order valence-corrected chi connectivity index (χ4v) is 7.02. The Morgan fingerprint density at radius 2 is 1.21 bits per heavy atom. The fourth-order valence-electron chi connectivity index (χ4n) is 7.02. The van der Waals surface area contributed by atoms with Gasteiger partial charge < -0.3 is 9.30 Å².